The van der Waals surface area contributed by atoms with Crippen LogP contribution < -0.4 is 4.74 Å². The van der Waals surface area contributed by atoms with Crippen LogP contribution in [0.5, 0.6) is 11.5 Å². The summed E-state index contributed by atoms with van der Waals surface area (Å²) in [4.78, 5) is 0. The highest BCUT2D eigenvalue weighted by molar-refractivity contribution is 5.31. The molecule has 0 aliphatic rings. The van der Waals surface area contributed by atoms with E-state index in [4.69, 9.17) is 14.3 Å². The maximum Gasteiger partial charge on any atom is 0.146 e. The Morgan fingerprint density at radius 1 is 1.21 bits per heavy atom. The van der Waals surface area contributed by atoms with Gasteiger partial charge in [-0.3, -0.25) is 0 Å². The minimum absolute atomic E-state index is 0.196. The molecule has 1 N–H and O–H groups in total. The van der Waals surface area contributed by atoms with Crippen molar-refractivity contribution in [2.24, 2.45) is 0 Å². The van der Waals surface area contributed by atoms with Crippen LogP contribution in [0.25, 0.3) is 0 Å². The molecule has 0 radical (unpaired) electrons. The number of furan rings is 1. The molecule has 0 aliphatic heterocycles. The Kier molecular flexibility index (Phi) is 2.40. The van der Waals surface area contributed by atoms with Crippen molar-refractivity contribution in [3.63, 3.8) is 0 Å². The van der Waals surface area contributed by atoms with Gasteiger partial charge in [0.25, 0.3) is 0 Å². The van der Waals surface area contributed by atoms with Gasteiger partial charge < -0.3 is 14.3 Å². The number of rotatable bonds is 3. The molecule has 14 heavy (non-hydrogen) atoms. The predicted molar refractivity (Wildman–Crippen MR) is 51.1 cm³/mol. The van der Waals surface area contributed by atoms with E-state index in [1.165, 1.54) is 0 Å². The van der Waals surface area contributed by atoms with Crippen molar-refractivity contribution in [2.75, 3.05) is 0 Å². The van der Waals surface area contributed by atoms with Crippen LogP contribution in [0.1, 0.15) is 5.76 Å². The summed E-state index contributed by atoms with van der Waals surface area (Å²) in [7, 11) is 0. The molecule has 1 aromatic carbocycles. The lowest BCUT2D eigenvalue weighted by Gasteiger charge is -2.03. The molecule has 1 heterocycles. The highest BCUT2D eigenvalue weighted by Crippen LogP contribution is 2.18. The Balaban J connectivity index is 1.98. The SMILES string of the molecule is Oc1cccc(OCc2ccco2)c1. The Bertz CT molecular complexity index is 393. The largest absolute Gasteiger partial charge is 0.508 e. The summed E-state index contributed by atoms with van der Waals surface area (Å²) in [5.41, 5.74) is 0. The highest BCUT2D eigenvalue weighted by atomic mass is 16.5. The number of ether oxygens (including phenoxy) is 1. The first-order chi connectivity index (χ1) is 6.84. The smallest absolute Gasteiger partial charge is 0.146 e. The van der Waals surface area contributed by atoms with Gasteiger partial charge in [-0.15, -0.1) is 0 Å². The number of phenols is 1. The van der Waals surface area contributed by atoms with Gasteiger partial charge in [0.2, 0.25) is 0 Å². The van der Waals surface area contributed by atoms with Gasteiger partial charge in [0.15, 0.2) is 0 Å². The average Bonchev–Trinajstić information content (AvgIpc) is 2.67. The van der Waals surface area contributed by atoms with Crippen LogP contribution >= 0.6 is 0 Å². The number of hydrogen-bond donors (Lipinski definition) is 1. The second-order valence-corrected chi connectivity index (χ2v) is 2.87. The zero-order valence-corrected chi connectivity index (χ0v) is 7.51. The molecular formula is C11H10O3. The minimum Gasteiger partial charge on any atom is -0.508 e. The van der Waals surface area contributed by atoms with Crippen LogP contribution in [0.2, 0.25) is 0 Å². The molecule has 0 atom stereocenters. The van der Waals surface area contributed by atoms with Gasteiger partial charge in [0, 0.05) is 6.07 Å². The zero-order chi connectivity index (χ0) is 9.80. The van der Waals surface area contributed by atoms with E-state index in [1.54, 1.807) is 36.6 Å². The molecule has 0 aliphatic carbocycles. The van der Waals surface area contributed by atoms with Crippen molar-refractivity contribution < 1.29 is 14.3 Å². The fourth-order valence-corrected chi connectivity index (χ4v) is 1.12. The number of aromatic hydroxyl groups is 1. The molecule has 0 bridgehead atoms. The number of benzene rings is 1. The highest BCUT2D eigenvalue weighted by Gasteiger charge is 1.98. The summed E-state index contributed by atoms with van der Waals surface area (Å²) in [5, 5.41) is 9.17. The maximum absolute atomic E-state index is 9.17. The van der Waals surface area contributed by atoms with E-state index in [0.29, 0.717) is 12.4 Å². The lowest BCUT2D eigenvalue weighted by molar-refractivity contribution is 0.269. The van der Waals surface area contributed by atoms with Crippen molar-refractivity contribution in [1.82, 2.24) is 0 Å². The molecule has 0 spiro atoms. The van der Waals surface area contributed by atoms with E-state index in [2.05, 4.69) is 0 Å². The minimum atomic E-state index is 0.196. The first-order valence-corrected chi connectivity index (χ1v) is 4.29. The van der Waals surface area contributed by atoms with Gasteiger partial charge in [-0.2, -0.15) is 0 Å². The molecule has 2 aromatic rings. The third kappa shape index (κ3) is 2.07. The topological polar surface area (TPSA) is 42.6 Å². The Labute approximate surface area is 81.6 Å². The molecule has 3 heteroatoms. The second kappa shape index (κ2) is 3.87. The molecule has 0 fully saturated rings. The van der Waals surface area contributed by atoms with Crippen molar-refractivity contribution in [3.05, 3.63) is 48.4 Å². The monoisotopic (exact) mass is 190 g/mol. The lowest BCUT2D eigenvalue weighted by Crippen LogP contribution is -1.92. The van der Waals surface area contributed by atoms with Gasteiger partial charge in [0.1, 0.15) is 23.9 Å². The van der Waals surface area contributed by atoms with Gasteiger partial charge >= 0.3 is 0 Å². The quantitative estimate of drug-likeness (QED) is 0.808. The third-order valence-electron chi connectivity index (χ3n) is 1.78. The number of phenolic OH excluding ortho intramolecular Hbond substituents is 1. The van der Waals surface area contributed by atoms with E-state index in [9.17, 15) is 0 Å². The molecule has 0 unspecified atom stereocenters. The van der Waals surface area contributed by atoms with E-state index in [-0.39, 0.29) is 5.75 Å². The fourth-order valence-electron chi connectivity index (χ4n) is 1.12. The predicted octanol–water partition coefficient (Wildman–Crippen LogP) is 2.56. The van der Waals surface area contributed by atoms with E-state index < -0.39 is 0 Å². The number of hydrogen-bond acceptors (Lipinski definition) is 3. The normalized spacial score (nSPS) is 10.0. The molecule has 0 saturated heterocycles. The molecule has 2 rings (SSSR count). The van der Waals surface area contributed by atoms with E-state index in [0.717, 1.165) is 5.76 Å². The van der Waals surface area contributed by atoms with Crippen molar-refractivity contribution >= 4 is 0 Å². The summed E-state index contributed by atoms with van der Waals surface area (Å²) in [6, 6.07) is 10.3. The molecule has 72 valence electrons. The van der Waals surface area contributed by atoms with Crippen molar-refractivity contribution in [3.8, 4) is 11.5 Å². The van der Waals surface area contributed by atoms with Crippen LogP contribution in [0.4, 0.5) is 0 Å². The molecule has 1 aromatic heterocycles. The standard InChI is InChI=1S/C11H10O3/c12-9-3-1-4-10(7-9)14-8-11-5-2-6-13-11/h1-7,12H,8H2. The fraction of sp³-hybridized carbons (Fsp3) is 0.0909. The first kappa shape index (κ1) is 8.69. The van der Waals surface area contributed by atoms with Crippen LogP contribution in [0, 0.1) is 0 Å². The van der Waals surface area contributed by atoms with E-state index in [1.807, 2.05) is 6.07 Å². The van der Waals surface area contributed by atoms with Crippen LogP contribution in [0.3, 0.4) is 0 Å². The van der Waals surface area contributed by atoms with Crippen LogP contribution in [-0.2, 0) is 6.61 Å². The summed E-state index contributed by atoms with van der Waals surface area (Å²) >= 11 is 0. The first-order valence-electron chi connectivity index (χ1n) is 4.29. The summed E-state index contributed by atoms with van der Waals surface area (Å²) in [6.45, 7) is 0.371. The van der Waals surface area contributed by atoms with Gasteiger partial charge in [0.05, 0.1) is 6.26 Å². The van der Waals surface area contributed by atoms with Crippen molar-refractivity contribution in [2.45, 2.75) is 6.61 Å². The van der Waals surface area contributed by atoms with Crippen molar-refractivity contribution in [1.29, 1.82) is 0 Å². The molecule has 0 amide bonds. The summed E-state index contributed by atoms with van der Waals surface area (Å²) in [5.74, 6) is 1.58. The Morgan fingerprint density at radius 3 is 2.86 bits per heavy atom. The molecular weight excluding hydrogens is 180 g/mol. The van der Waals surface area contributed by atoms with Crippen LogP contribution in [0.15, 0.2) is 47.1 Å². The Morgan fingerprint density at radius 2 is 2.14 bits per heavy atom. The maximum atomic E-state index is 9.17. The van der Waals surface area contributed by atoms with Gasteiger partial charge in [-0.1, -0.05) is 6.07 Å². The zero-order valence-electron chi connectivity index (χ0n) is 7.51. The second-order valence-electron chi connectivity index (χ2n) is 2.87. The summed E-state index contributed by atoms with van der Waals surface area (Å²) in [6.07, 6.45) is 1.60. The third-order valence-corrected chi connectivity index (χ3v) is 1.78. The van der Waals surface area contributed by atoms with Crippen LogP contribution in [-0.4, -0.2) is 5.11 Å². The average molecular weight is 190 g/mol. The lowest BCUT2D eigenvalue weighted by atomic mass is 10.3. The Hall–Kier alpha value is -1.90. The van der Waals surface area contributed by atoms with E-state index >= 15 is 0 Å². The van der Waals surface area contributed by atoms with Gasteiger partial charge in [-0.25, -0.2) is 0 Å². The summed E-state index contributed by atoms with van der Waals surface area (Å²) < 4.78 is 10.5. The molecule has 3 nitrogen and oxygen atoms in total. The van der Waals surface area contributed by atoms with Gasteiger partial charge in [-0.05, 0) is 24.3 Å². The molecule has 0 saturated carbocycles.